The third-order valence-electron chi connectivity index (χ3n) is 4.29. The van der Waals surface area contributed by atoms with E-state index in [1.54, 1.807) is 11.8 Å². The molecular weight excluding hydrogens is 494 g/mol. The quantitative estimate of drug-likeness (QED) is 0.301. The normalized spacial score (nSPS) is 19.1. The van der Waals surface area contributed by atoms with Crippen molar-refractivity contribution in [2.24, 2.45) is 0 Å². The maximum atomic E-state index is 13.5. The van der Waals surface area contributed by atoms with Crippen molar-refractivity contribution >= 4 is 17.7 Å². The Morgan fingerprint density at radius 2 is 1.89 bits per heavy atom. The summed E-state index contributed by atoms with van der Waals surface area (Å²) >= 11 is 0.0749. The number of carbonyl (C=O) groups excluding carboxylic acids is 2. The Balaban J connectivity index is 1.68. The van der Waals surface area contributed by atoms with Crippen molar-refractivity contribution in [1.82, 2.24) is 10.9 Å². The van der Waals surface area contributed by atoms with E-state index in [2.05, 4.69) is 10.9 Å². The average Bonchev–Trinajstić information content (AvgIpc) is 2.64. The van der Waals surface area contributed by atoms with E-state index in [0.29, 0.717) is 26.3 Å². The maximum absolute atomic E-state index is 13.5. The van der Waals surface area contributed by atoms with Crippen LogP contribution in [0, 0.1) is 0 Å². The first kappa shape index (κ1) is 21.0. The van der Waals surface area contributed by atoms with Crippen LogP contribution in [0.5, 0.6) is 0 Å². The van der Waals surface area contributed by atoms with Crippen LogP contribution in [-0.4, -0.2) is 52.8 Å². The number of ether oxygens (including phenoxy) is 2. The number of carbonyl (C=O) groups is 2. The second-order valence-corrected chi connectivity index (χ2v) is 9.31. The van der Waals surface area contributed by atoms with Gasteiger partial charge in [-0.05, 0) is 0 Å². The summed E-state index contributed by atoms with van der Waals surface area (Å²) < 4.78 is 52.6. The van der Waals surface area contributed by atoms with Gasteiger partial charge < -0.3 is 4.74 Å². The fraction of sp³-hybridized carbons (Fsp3) is 0.529. The number of hydrogen-bond donors (Lipinski definition) is 2. The fourth-order valence-electron chi connectivity index (χ4n) is 2.83. The summed E-state index contributed by atoms with van der Waals surface area (Å²) in [5, 5.41) is 0. The second-order valence-electron chi connectivity index (χ2n) is 6.70. The number of halogens is 4. The van der Waals surface area contributed by atoms with Crippen LogP contribution in [0.25, 0.3) is 0 Å². The van der Waals surface area contributed by atoms with Crippen LogP contribution < -0.4 is 37.0 Å². The third kappa shape index (κ3) is 4.99. The Hall–Kier alpha value is -1.76. The first-order valence-electron chi connectivity index (χ1n) is 8.55. The Morgan fingerprint density at radius 3 is 2.46 bits per heavy atom. The minimum absolute atomic E-state index is 0.000858. The molecule has 156 valence electrons. The van der Waals surface area contributed by atoms with Crippen LogP contribution in [0.15, 0.2) is 18.2 Å². The van der Waals surface area contributed by atoms with Gasteiger partial charge in [0.25, 0.3) is 0 Å². The molecule has 2 amide bonds. The van der Waals surface area contributed by atoms with Gasteiger partial charge in [0.05, 0.1) is 13.2 Å². The molecule has 0 aliphatic carbocycles. The van der Waals surface area contributed by atoms with Gasteiger partial charge in [0.15, 0.2) is 0 Å². The summed E-state index contributed by atoms with van der Waals surface area (Å²) in [6.45, 7) is 3.16. The summed E-state index contributed by atoms with van der Waals surface area (Å²) in [6.07, 6.45) is -5.46. The molecule has 7 nitrogen and oxygen atoms in total. The van der Waals surface area contributed by atoms with Crippen molar-refractivity contribution in [3.8, 4) is 0 Å². The second kappa shape index (κ2) is 8.31. The molecule has 28 heavy (non-hydrogen) atoms. The zero-order valence-corrected chi connectivity index (χ0v) is 17.2. The van der Waals surface area contributed by atoms with Crippen LogP contribution >= 0.6 is 0 Å². The molecule has 11 heteroatoms. The number of alkyl halides is 5. The number of nitrogens with one attached hydrogen (secondary N) is 2. The number of benzene rings is 1. The number of rotatable bonds is 3. The van der Waals surface area contributed by atoms with Gasteiger partial charge in [-0.2, -0.15) is 0 Å². The van der Waals surface area contributed by atoms with Crippen molar-refractivity contribution in [2.75, 3.05) is 40.1 Å². The molecule has 1 aromatic rings. The van der Waals surface area contributed by atoms with Crippen LogP contribution in [0.3, 0.4) is 0 Å². The van der Waals surface area contributed by atoms with E-state index in [9.17, 15) is 22.8 Å². The van der Waals surface area contributed by atoms with Gasteiger partial charge in [-0.15, -0.1) is 0 Å². The zero-order chi connectivity index (χ0) is 20.4. The summed E-state index contributed by atoms with van der Waals surface area (Å²) in [5.41, 5.74) is 2.54. The molecule has 0 atom stereocenters. The topological polar surface area (TPSA) is 79.9 Å². The SMILES string of the molecule is CC1(OC(=O)NNC(=O)c2ccc(N3CCOCC3)c(C(F)(F)F)c2)C[I-]C1. The molecular formula is C17H20F3IN3O4-. The van der Waals surface area contributed by atoms with Crippen LogP contribution in [0.4, 0.5) is 23.7 Å². The van der Waals surface area contributed by atoms with Crippen molar-refractivity contribution in [2.45, 2.75) is 18.7 Å². The molecule has 0 radical (unpaired) electrons. The standard InChI is InChI=1S/C17H20F3IN3O4/c1-16(9-21-10-16)28-15(26)23-22-14(25)11-2-3-13(12(8-11)17(18,19)20)24-4-6-27-7-5-24/h2-3,8H,4-7,9-10H2,1H3,(H,22,25)(H,23,26)/q-1. The molecule has 1 aromatic carbocycles. The van der Waals surface area contributed by atoms with E-state index in [1.165, 1.54) is 12.1 Å². The van der Waals surface area contributed by atoms with Crippen molar-refractivity contribution in [3.63, 3.8) is 0 Å². The third-order valence-corrected chi connectivity index (χ3v) is 8.59. The van der Waals surface area contributed by atoms with Crippen molar-refractivity contribution < 1.29 is 53.4 Å². The zero-order valence-electron chi connectivity index (χ0n) is 15.1. The monoisotopic (exact) mass is 514 g/mol. The summed E-state index contributed by atoms with van der Waals surface area (Å²) in [4.78, 5) is 25.5. The Morgan fingerprint density at radius 1 is 1.21 bits per heavy atom. The summed E-state index contributed by atoms with van der Waals surface area (Å²) in [7, 11) is 0. The van der Waals surface area contributed by atoms with Crippen LogP contribution in [-0.2, 0) is 15.7 Å². The number of morpholine rings is 1. The Labute approximate surface area is 170 Å². The number of amides is 2. The molecule has 2 saturated heterocycles. The Bertz CT molecular complexity index is 750. The molecule has 0 unspecified atom stereocenters. The molecule has 0 bridgehead atoms. The van der Waals surface area contributed by atoms with Gasteiger partial charge in [-0.25, -0.2) is 0 Å². The number of hydrazine groups is 1. The van der Waals surface area contributed by atoms with Gasteiger partial charge in [0.2, 0.25) is 0 Å². The summed E-state index contributed by atoms with van der Waals surface area (Å²) in [5.74, 6) is -0.859. The fourth-order valence-corrected chi connectivity index (χ4v) is 5.20. The van der Waals surface area contributed by atoms with E-state index in [-0.39, 0.29) is 32.5 Å². The molecule has 2 N–H and O–H groups in total. The van der Waals surface area contributed by atoms with Gasteiger partial charge in [0.1, 0.15) is 0 Å². The first-order valence-corrected chi connectivity index (χ1v) is 11.6. The van der Waals surface area contributed by atoms with E-state index >= 15 is 0 Å². The molecule has 2 aliphatic rings. The van der Waals surface area contributed by atoms with Crippen molar-refractivity contribution in [1.29, 1.82) is 0 Å². The first-order chi connectivity index (χ1) is 13.2. The number of nitrogens with zero attached hydrogens (tertiary/aromatic N) is 1. The average molecular weight is 514 g/mol. The molecule has 3 rings (SSSR count). The predicted octanol–water partition coefficient (Wildman–Crippen LogP) is -1.23. The summed E-state index contributed by atoms with van der Waals surface area (Å²) in [6, 6.07) is 3.34. The predicted molar refractivity (Wildman–Crippen MR) is 89.7 cm³/mol. The molecule has 2 heterocycles. The van der Waals surface area contributed by atoms with Crippen LogP contribution in [0.2, 0.25) is 0 Å². The van der Waals surface area contributed by atoms with Crippen LogP contribution in [0.1, 0.15) is 22.8 Å². The number of hydrogen-bond acceptors (Lipinski definition) is 5. The van der Waals surface area contributed by atoms with E-state index in [0.717, 1.165) is 14.9 Å². The molecule has 2 fully saturated rings. The van der Waals surface area contributed by atoms with Gasteiger partial charge >= 0.3 is 139 Å². The van der Waals surface area contributed by atoms with E-state index in [1.807, 2.05) is 0 Å². The Kier molecular flexibility index (Phi) is 6.22. The molecule has 0 spiro atoms. The van der Waals surface area contributed by atoms with Crippen molar-refractivity contribution in [3.05, 3.63) is 29.3 Å². The number of anilines is 1. The van der Waals surface area contributed by atoms with Gasteiger partial charge in [0, 0.05) is 13.1 Å². The molecule has 2 aliphatic heterocycles. The van der Waals surface area contributed by atoms with Gasteiger partial charge in [-0.3, -0.25) is 0 Å². The minimum atomic E-state index is -4.63. The molecule has 0 saturated carbocycles. The van der Waals surface area contributed by atoms with E-state index in [4.69, 9.17) is 9.47 Å². The van der Waals surface area contributed by atoms with Gasteiger partial charge in [-0.1, -0.05) is 0 Å². The molecule has 0 aromatic heterocycles. The van der Waals surface area contributed by atoms with E-state index < -0.39 is 29.3 Å².